The fraction of sp³-hybridized carbons (Fsp3) is 0.812. The topological polar surface area (TPSA) is 36.4 Å². The Balaban J connectivity index is 2.15. The normalized spacial score (nSPS) is 18.6. The third kappa shape index (κ3) is 2.92. The van der Waals surface area contributed by atoms with Gasteiger partial charge in [0.05, 0.1) is 16.8 Å². The van der Waals surface area contributed by atoms with Gasteiger partial charge in [0.2, 0.25) is 0 Å². The highest BCUT2D eigenvalue weighted by molar-refractivity contribution is 7.11. The molecule has 0 spiro atoms. The van der Waals surface area contributed by atoms with Gasteiger partial charge in [0.25, 0.3) is 0 Å². The van der Waals surface area contributed by atoms with Gasteiger partial charge in [-0.15, -0.1) is 11.3 Å². The number of aromatic nitrogens is 1. The van der Waals surface area contributed by atoms with Crippen LogP contribution in [0.5, 0.6) is 0 Å². The summed E-state index contributed by atoms with van der Waals surface area (Å²) in [5, 5.41) is 12.0. The Labute approximate surface area is 127 Å². The maximum atomic E-state index is 10.9. The van der Waals surface area contributed by atoms with Crippen molar-refractivity contribution in [2.24, 2.45) is 0 Å². The lowest BCUT2D eigenvalue weighted by molar-refractivity contribution is -0.0270. The van der Waals surface area contributed by atoms with Crippen molar-refractivity contribution in [3.8, 4) is 0 Å². The molecule has 0 amide bonds. The zero-order chi connectivity index (χ0) is 14.8. The van der Waals surface area contributed by atoms with Gasteiger partial charge < -0.3 is 5.11 Å². The third-order valence-corrected chi connectivity index (χ3v) is 6.12. The predicted octanol–water partition coefficient (Wildman–Crippen LogP) is 3.32. The maximum absolute atomic E-state index is 10.9. The van der Waals surface area contributed by atoms with Crippen LogP contribution in [0.3, 0.4) is 0 Å². The van der Waals surface area contributed by atoms with Crippen molar-refractivity contribution in [1.82, 2.24) is 9.88 Å². The first-order chi connectivity index (χ1) is 9.53. The molecule has 1 fully saturated rings. The summed E-state index contributed by atoms with van der Waals surface area (Å²) in [6.07, 6.45) is 4.92. The van der Waals surface area contributed by atoms with Crippen LogP contribution < -0.4 is 0 Å². The summed E-state index contributed by atoms with van der Waals surface area (Å²) in [7, 11) is 0. The SMILES string of the molecule is CCC(CC)(C(O)Cc1nc(C)c(C)s1)N1CCCC1. The molecule has 1 N–H and O–H groups in total. The van der Waals surface area contributed by atoms with Crippen LogP contribution in [0.4, 0.5) is 0 Å². The number of aliphatic hydroxyl groups excluding tert-OH is 1. The quantitative estimate of drug-likeness (QED) is 0.875. The fourth-order valence-electron chi connectivity index (χ4n) is 3.52. The first-order valence-electron chi connectivity index (χ1n) is 7.89. The van der Waals surface area contributed by atoms with Gasteiger partial charge in [-0.25, -0.2) is 4.98 Å². The van der Waals surface area contributed by atoms with Crippen molar-refractivity contribution in [2.45, 2.75) is 71.4 Å². The molecule has 1 aromatic rings. The second-order valence-corrected chi connectivity index (χ2v) is 7.26. The van der Waals surface area contributed by atoms with Crippen molar-refractivity contribution < 1.29 is 5.11 Å². The zero-order valence-corrected chi connectivity index (χ0v) is 14.1. The standard InChI is InChI=1S/C16H28N2OS/c1-5-16(6-2,18-9-7-8-10-18)14(19)11-15-17-12(3)13(4)20-15/h14,19H,5-11H2,1-4H3. The Morgan fingerprint density at radius 2 is 1.85 bits per heavy atom. The Kier molecular flexibility index (Phi) is 5.21. The zero-order valence-electron chi connectivity index (χ0n) is 13.3. The minimum absolute atomic E-state index is 0.0655. The molecule has 1 unspecified atom stereocenters. The highest BCUT2D eigenvalue weighted by Crippen LogP contribution is 2.33. The first kappa shape index (κ1) is 15.9. The molecular formula is C16H28N2OS. The third-order valence-electron chi connectivity index (χ3n) is 5.02. The number of likely N-dealkylation sites (tertiary alicyclic amines) is 1. The Hall–Kier alpha value is -0.450. The largest absolute Gasteiger partial charge is 0.391 e. The summed E-state index contributed by atoms with van der Waals surface area (Å²) >= 11 is 1.73. The van der Waals surface area contributed by atoms with Gasteiger partial charge in [-0.3, -0.25) is 4.90 Å². The first-order valence-corrected chi connectivity index (χ1v) is 8.71. The minimum Gasteiger partial charge on any atom is -0.391 e. The molecule has 0 radical (unpaired) electrons. The molecule has 1 atom stereocenters. The number of aliphatic hydroxyl groups is 1. The maximum Gasteiger partial charge on any atom is 0.0957 e. The van der Waals surface area contributed by atoms with Crippen LogP contribution in [0.1, 0.15) is 55.1 Å². The van der Waals surface area contributed by atoms with Crippen LogP contribution in [-0.4, -0.2) is 39.7 Å². The Bertz CT molecular complexity index is 414. The van der Waals surface area contributed by atoms with Gasteiger partial charge in [0, 0.05) is 16.8 Å². The van der Waals surface area contributed by atoms with E-state index >= 15 is 0 Å². The summed E-state index contributed by atoms with van der Waals surface area (Å²) in [6.45, 7) is 10.8. The predicted molar refractivity (Wildman–Crippen MR) is 85.4 cm³/mol. The van der Waals surface area contributed by atoms with Crippen LogP contribution in [0.25, 0.3) is 0 Å². The molecule has 1 aliphatic rings. The lowest BCUT2D eigenvalue weighted by atomic mass is 9.83. The van der Waals surface area contributed by atoms with E-state index < -0.39 is 0 Å². The Morgan fingerprint density at radius 1 is 1.25 bits per heavy atom. The molecule has 0 aromatic carbocycles. The highest BCUT2D eigenvalue weighted by Gasteiger charge is 2.41. The van der Waals surface area contributed by atoms with E-state index in [4.69, 9.17) is 0 Å². The van der Waals surface area contributed by atoms with Crippen LogP contribution >= 0.6 is 11.3 Å². The summed E-state index contributed by atoms with van der Waals surface area (Å²) in [4.78, 5) is 8.39. The molecule has 1 saturated heterocycles. The van der Waals surface area contributed by atoms with E-state index in [1.165, 1.54) is 17.7 Å². The summed E-state index contributed by atoms with van der Waals surface area (Å²) in [5.41, 5.74) is 1.04. The number of hydrogen-bond donors (Lipinski definition) is 1. The van der Waals surface area contributed by atoms with E-state index in [-0.39, 0.29) is 11.6 Å². The summed E-state index contributed by atoms with van der Waals surface area (Å²) in [6, 6.07) is 0. The average Bonchev–Trinajstić information content (AvgIpc) is 3.04. The van der Waals surface area contributed by atoms with E-state index in [1.807, 2.05) is 0 Å². The molecule has 4 heteroatoms. The van der Waals surface area contributed by atoms with Crippen LogP contribution in [0.15, 0.2) is 0 Å². The second-order valence-electron chi connectivity index (χ2n) is 5.97. The van der Waals surface area contributed by atoms with E-state index in [2.05, 4.69) is 37.6 Å². The van der Waals surface area contributed by atoms with Gasteiger partial charge in [0.15, 0.2) is 0 Å². The number of thiazole rings is 1. The van der Waals surface area contributed by atoms with Crippen molar-refractivity contribution in [3.05, 3.63) is 15.6 Å². The summed E-state index contributed by atoms with van der Waals surface area (Å²) in [5.74, 6) is 0. The van der Waals surface area contributed by atoms with Gasteiger partial charge >= 0.3 is 0 Å². The van der Waals surface area contributed by atoms with Crippen molar-refractivity contribution >= 4 is 11.3 Å². The van der Waals surface area contributed by atoms with Gasteiger partial charge in [0.1, 0.15) is 0 Å². The monoisotopic (exact) mass is 296 g/mol. The summed E-state index contributed by atoms with van der Waals surface area (Å²) < 4.78 is 0. The van der Waals surface area contributed by atoms with Crippen molar-refractivity contribution in [2.75, 3.05) is 13.1 Å². The van der Waals surface area contributed by atoms with E-state index in [1.54, 1.807) is 11.3 Å². The van der Waals surface area contributed by atoms with E-state index in [0.717, 1.165) is 36.6 Å². The van der Waals surface area contributed by atoms with Crippen molar-refractivity contribution in [1.29, 1.82) is 0 Å². The number of hydrogen-bond acceptors (Lipinski definition) is 4. The van der Waals surface area contributed by atoms with Crippen LogP contribution in [-0.2, 0) is 6.42 Å². The number of nitrogens with zero attached hydrogens (tertiary/aromatic N) is 2. The molecule has 20 heavy (non-hydrogen) atoms. The molecule has 1 aromatic heterocycles. The number of aryl methyl sites for hydroxylation is 2. The molecule has 0 aliphatic carbocycles. The number of rotatable bonds is 6. The lowest BCUT2D eigenvalue weighted by Gasteiger charge is -2.44. The second kappa shape index (κ2) is 6.54. The minimum atomic E-state index is -0.319. The van der Waals surface area contributed by atoms with E-state index in [0.29, 0.717) is 6.42 Å². The molecule has 114 valence electrons. The molecule has 2 heterocycles. The van der Waals surface area contributed by atoms with Gasteiger partial charge in [-0.2, -0.15) is 0 Å². The lowest BCUT2D eigenvalue weighted by Crippen LogP contribution is -2.55. The fourth-order valence-corrected chi connectivity index (χ4v) is 4.49. The molecular weight excluding hydrogens is 268 g/mol. The average molecular weight is 296 g/mol. The molecule has 0 saturated carbocycles. The Morgan fingerprint density at radius 3 is 2.30 bits per heavy atom. The van der Waals surface area contributed by atoms with Gasteiger partial charge in [-0.1, -0.05) is 13.8 Å². The van der Waals surface area contributed by atoms with Crippen molar-refractivity contribution in [3.63, 3.8) is 0 Å². The van der Waals surface area contributed by atoms with Crippen LogP contribution in [0, 0.1) is 13.8 Å². The smallest absolute Gasteiger partial charge is 0.0957 e. The van der Waals surface area contributed by atoms with Gasteiger partial charge in [-0.05, 0) is 52.6 Å². The molecule has 2 rings (SSSR count). The molecule has 1 aliphatic heterocycles. The van der Waals surface area contributed by atoms with Crippen LogP contribution in [0.2, 0.25) is 0 Å². The highest BCUT2D eigenvalue weighted by atomic mass is 32.1. The van der Waals surface area contributed by atoms with E-state index in [9.17, 15) is 5.11 Å². The molecule has 0 bridgehead atoms. The molecule has 3 nitrogen and oxygen atoms in total.